The molecule has 0 saturated carbocycles. The average Bonchev–Trinajstić information content (AvgIpc) is 3.10. The van der Waals surface area contributed by atoms with Gasteiger partial charge in [-0.1, -0.05) is 12.1 Å². The molecule has 0 aliphatic carbocycles. The first-order chi connectivity index (χ1) is 16.4. The molecule has 1 saturated heterocycles. The third kappa shape index (κ3) is 6.43. The zero-order chi connectivity index (χ0) is 25.4. The fourth-order valence-corrected chi connectivity index (χ4v) is 5.21. The van der Waals surface area contributed by atoms with Crippen LogP contribution in [0.2, 0.25) is 0 Å². The van der Waals surface area contributed by atoms with Crippen LogP contribution in [-0.2, 0) is 6.54 Å². The number of hydrogen-bond acceptors (Lipinski definition) is 4. The molecule has 4 nitrogen and oxygen atoms in total. The lowest BCUT2D eigenvalue weighted by Crippen LogP contribution is -2.47. The average molecular weight is 518 g/mol. The molecule has 0 radical (unpaired) electrons. The topological polar surface area (TPSA) is 26.8 Å². The van der Waals surface area contributed by atoms with Crippen LogP contribution >= 0.6 is 11.8 Å². The molecule has 2 aromatic rings. The molecule has 1 amide bonds. The molecule has 0 unspecified atom stereocenters. The van der Waals surface area contributed by atoms with Gasteiger partial charge in [0.25, 0.3) is 5.91 Å². The quantitative estimate of drug-likeness (QED) is 0.346. The van der Waals surface area contributed by atoms with Gasteiger partial charge in [-0.05, 0) is 78.9 Å². The van der Waals surface area contributed by atoms with Gasteiger partial charge in [0, 0.05) is 36.6 Å². The van der Waals surface area contributed by atoms with Crippen LogP contribution in [0.1, 0.15) is 34.3 Å². The minimum absolute atomic E-state index is 0.0121. The molecule has 2 aromatic carbocycles. The second-order valence-corrected chi connectivity index (χ2v) is 10.0. The van der Waals surface area contributed by atoms with E-state index in [0.29, 0.717) is 50.3 Å². The Balaban J connectivity index is 1.35. The van der Waals surface area contributed by atoms with E-state index < -0.39 is 18.2 Å². The van der Waals surface area contributed by atoms with Crippen molar-refractivity contribution in [2.75, 3.05) is 31.2 Å². The standard InChI is InChI=1S/C24H25F6N3OS/c1-16-3-2-4-21-20(16)14-32(33(21)15-23(25,26)27)13-17-9-11-31(12-10-17)22(34)18-5-7-19(8-6-18)35-24(28,29)30/h2-8,17H,9-15H2,1H3. The fraction of sp³-hybridized carbons (Fsp3) is 0.458. The van der Waals surface area contributed by atoms with Gasteiger partial charge in [-0.2, -0.15) is 26.3 Å². The summed E-state index contributed by atoms with van der Waals surface area (Å²) in [5.41, 5.74) is -1.63. The van der Waals surface area contributed by atoms with E-state index in [9.17, 15) is 31.1 Å². The maximum Gasteiger partial charge on any atom is 0.446 e. The van der Waals surface area contributed by atoms with Crippen LogP contribution in [0, 0.1) is 12.8 Å². The van der Waals surface area contributed by atoms with E-state index >= 15 is 0 Å². The van der Waals surface area contributed by atoms with Gasteiger partial charge >= 0.3 is 11.7 Å². The minimum Gasteiger partial charge on any atom is -0.339 e. The van der Waals surface area contributed by atoms with E-state index in [1.807, 2.05) is 13.0 Å². The Labute approximate surface area is 203 Å². The fourth-order valence-electron chi connectivity index (χ4n) is 4.67. The van der Waals surface area contributed by atoms with Crippen molar-refractivity contribution in [3.8, 4) is 0 Å². The van der Waals surface area contributed by atoms with Gasteiger partial charge in [0.15, 0.2) is 0 Å². The predicted molar refractivity (Wildman–Crippen MR) is 122 cm³/mol. The number of amides is 1. The Morgan fingerprint density at radius 1 is 1.00 bits per heavy atom. The van der Waals surface area contributed by atoms with Crippen molar-refractivity contribution in [1.29, 1.82) is 0 Å². The number of nitrogens with zero attached hydrogens (tertiary/aromatic N) is 3. The number of piperidine rings is 1. The molecule has 0 N–H and O–H groups in total. The van der Waals surface area contributed by atoms with Crippen LogP contribution in [0.3, 0.4) is 0 Å². The molecular formula is C24H25F6N3OS. The molecule has 35 heavy (non-hydrogen) atoms. The number of anilines is 1. The number of rotatable bonds is 5. The minimum atomic E-state index is -4.39. The number of likely N-dealkylation sites (tertiary alicyclic amines) is 1. The van der Waals surface area contributed by atoms with Gasteiger partial charge in [-0.15, -0.1) is 0 Å². The summed E-state index contributed by atoms with van der Waals surface area (Å²) < 4.78 is 77.4. The number of thioether (sulfide) groups is 1. The molecule has 0 aromatic heterocycles. The lowest BCUT2D eigenvalue weighted by molar-refractivity contribution is -0.125. The van der Waals surface area contributed by atoms with Gasteiger partial charge < -0.3 is 4.90 Å². The first-order valence-corrected chi connectivity index (χ1v) is 12.0. The number of alkyl halides is 6. The van der Waals surface area contributed by atoms with E-state index in [-0.39, 0.29) is 28.5 Å². The van der Waals surface area contributed by atoms with Crippen molar-refractivity contribution in [3.63, 3.8) is 0 Å². The van der Waals surface area contributed by atoms with E-state index in [2.05, 4.69) is 0 Å². The number of hydrogen-bond donors (Lipinski definition) is 0. The van der Waals surface area contributed by atoms with Crippen LogP contribution in [0.5, 0.6) is 0 Å². The molecule has 4 rings (SSSR count). The Bertz CT molecular complexity index is 1050. The number of carbonyl (C=O) groups is 1. The van der Waals surface area contributed by atoms with Gasteiger partial charge in [0.05, 0.1) is 5.69 Å². The summed E-state index contributed by atoms with van der Waals surface area (Å²) in [6.45, 7) is 2.61. The maximum absolute atomic E-state index is 13.3. The lowest BCUT2D eigenvalue weighted by atomic mass is 9.96. The Hall–Kier alpha value is -2.40. The zero-order valence-corrected chi connectivity index (χ0v) is 19.8. The predicted octanol–water partition coefficient (Wildman–Crippen LogP) is 6.26. The highest BCUT2D eigenvalue weighted by atomic mass is 32.2. The summed E-state index contributed by atoms with van der Waals surface area (Å²) in [5.74, 6) is -0.134. The van der Waals surface area contributed by atoms with E-state index in [0.717, 1.165) is 11.1 Å². The maximum atomic E-state index is 13.3. The molecule has 2 aliphatic rings. The molecule has 0 spiro atoms. The number of halogens is 6. The van der Waals surface area contributed by atoms with Crippen molar-refractivity contribution in [3.05, 3.63) is 59.2 Å². The highest BCUT2D eigenvalue weighted by Gasteiger charge is 2.39. The lowest BCUT2D eigenvalue weighted by Gasteiger charge is -2.37. The number of benzene rings is 2. The monoisotopic (exact) mass is 517 g/mol. The molecule has 11 heteroatoms. The Morgan fingerprint density at radius 3 is 2.26 bits per heavy atom. The van der Waals surface area contributed by atoms with Gasteiger partial charge in [0.1, 0.15) is 6.54 Å². The van der Waals surface area contributed by atoms with Crippen molar-refractivity contribution in [2.24, 2.45) is 5.92 Å². The number of aryl methyl sites for hydroxylation is 1. The molecule has 1 fully saturated rings. The van der Waals surface area contributed by atoms with Crippen LogP contribution in [0.4, 0.5) is 32.0 Å². The number of carbonyl (C=O) groups excluding carboxylic acids is 1. The van der Waals surface area contributed by atoms with Crippen LogP contribution < -0.4 is 5.01 Å². The summed E-state index contributed by atoms with van der Waals surface area (Å²) in [6.07, 6.45) is -3.06. The van der Waals surface area contributed by atoms with Crippen molar-refractivity contribution in [2.45, 2.75) is 42.9 Å². The number of fused-ring (bicyclic) bond motifs is 1. The van der Waals surface area contributed by atoms with E-state index in [1.165, 1.54) is 29.3 Å². The molecule has 190 valence electrons. The smallest absolute Gasteiger partial charge is 0.339 e. The van der Waals surface area contributed by atoms with Crippen molar-refractivity contribution < 1.29 is 31.1 Å². The Kier molecular flexibility index (Phi) is 7.28. The van der Waals surface area contributed by atoms with E-state index in [1.54, 1.807) is 22.0 Å². The molecule has 2 heterocycles. The molecule has 0 bridgehead atoms. The zero-order valence-electron chi connectivity index (χ0n) is 19.0. The normalized spacial score (nSPS) is 17.7. The molecule has 0 atom stereocenters. The molecule has 2 aliphatic heterocycles. The Morgan fingerprint density at radius 2 is 1.66 bits per heavy atom. The first-order valence-electron chi connectivity index (χ1n) is 11.2. The largest absolute Gasteiger partial charge is 0.446 e. The van der Waals surface area contributed by atoms with E-state index in [4.69, 9.17) is 0 Å². The second kappa shape index (κ2) is 9.93. The van der Waals surface area contributed by atoms with Gasteiger partial charge in [-0.25, -0.2) is 5.01 Å². The van der Waals surface area contributed by atoms with Gasteiger partial charge in [-0.3, -0.25) is 9.80 Å². The van der Waals surface area contributed by atoms with Crippen molar-refractivity contribution >= 4 is 23.4 Å². The second-order valence-electron chi connectivity index (χ2n) is 8.90. The first kappa shape index (κ1) is 25.7. The van der Waals surface area contributed by atoms with Crippen LogP contribution in [-0.4, -0.2) is 53.7 Å². The SMILES string of the molecule is Cc1cccc2c1CN(CC1CCN(C(=O)c3ccc(SC(F)(F)F)cc3)CC1)N2CC(F)(F)F. The van der Waals surface area contributed by atoms with Crippen molar-refractivity contribution in [1.82, 2.24) is 9.91 Å². The third-order valence-electron chi connectivity index (χ3n) is 6.38. The van der Waals surface area contributed by atoms with Crippen LogP contribution in [0.25, 0.3) is 0 Å². The summed E-state index contributed by atoms with van der Waals surface area (Å²) in [5, 5.41) is 3.07. The van der Waals surface area contributed by atoms with Gasteiger partial charge in [0.2, 0.25) is 0 Å². The summed E-state index contributed by atoms with van der Waals surface area (Å²) >= 11 is -0.232. The third-order valence-corrected chi connectivity index (χ3v) is 7.12. The summed E-state index contributed by atoms with van der Waals surface area (Å²) in [4.78, 5) is 14.5. The summed E-state index contributed by atoms with van der Waals surface area (Å²) in [6, 6.07) is 10.7. The highest BCUT2D eigenvalue weighted by Crippen LogP contribution is 2.38. The number of hydrazine groups is 1. The highest BCUT2D eigenvalue weighted by molar-refractivity contribution is 8.00. The summed E-state index contributed by atoms with van der Waals surface area (Å²) in [7, 11) is 0. The molecular weight excluding hydrogens is 492 g/mol. The van der Waals surface area contributed by atoms with Crippen LogP contribution in [0.15, 0.2) is 47.4 Å².